The topological polar surface area (TPSA) is 139 Å². The van der Waals surface area contributed by atoms with E-state index in [9.17, 15) is 28.1 Å². The Hall–Kier alpha value is -3.67. The number of nitrogens with one attached hydrogen (secondary N) is 1. The molecule has 0 saturated carbocycles. The number of anilines is 1. The minimum absolute atomic E-state index is 0.0387. The molecule has 202 valence electrons. The van der Waals surface area contributed by atoms with Gasteiger partial charge in [0.15, 0.2) is 0 Å². The number of hydrogen-bond donors (Lipinski definition) is 1. The van der Waals surface area contributed by atoms with Crippen molar-refractivity contribution in [2.45, 2.75) is 52.7 Å². The number of hydrogen-bond acceptors (Lipinski definition) is 7. The molecular weight excluding hydrogens is 500 g/mol. The number of methoxy groups -OCH3 is 1. The SMILES string of the molecule is CC[C@@H](C)NC(=O)[C@H](C)N(Cc1ccccc1C)C(=O)CN(c1cc([N+](=O)[O-])ccc1OC)S(C)(=O)=O. The molecule has 2 rings (SSSR count). The molecule has 0 aromatic heterocycles. The molecule has 11 nitrogen and oxygen atoms in total. The molecule has 0 aliphatic carbocycles. The van der Waals surface area contributed by atoms with Crippen molar-refractivity contribution in [3.63, 3.8) is 0 Å². The molecule has 0 radical (unpaired) electrons. The van der Waals surface area contributed by atoms with E-state index in [0.29, 0.717) is 6.42 Å². The van der Waals surface area contributed by atoms with Gasteiger partial charge < -0.3 is 15.0 Å². The Labute approximate surface area is 217 Å². The van der Waals surface area contributed by atoms with E-state index in [1.54, 1.807) is 6.92 Å². The van der Waals surface area contributed by atoms with Gasteiger partial charge >= 0.3 is 0 Å². The summed E-state index contributed by atoms with van der Waals surface area (Å²) >= 11 is 0. The van der Waals surface area contributed by atoms with Crippen molar-refractivity contribution in [3.8, 4) is 5.75 Å². The summed E-state index contributed by atoms with van der Waals surface area (Å²) < 4.78 is 31.6. The second-order valence-corrected chi connectivity index (χ2v) is 10.7. The smallest absolute Gasteiger partial charge is 0.271 e. The molecule has 0 fully saturated rings. The molecule has 0 bridgehead atoms. The van der Waals surface area contributed by atoms with Crippen molar-refractivity contribution in [2.24, 2.45) is 0 Å². The number of carbonyl (C=O) groups excluding carboxylic acids is 2. The first-order valence-corrected chi connectivity index (χ1v) is 13.6. The van der Waals surface area contributed by atoms with E-state index in [1.165, 1.54) is 24.1 Å². The maximum Gasteiger partial charge on any atom is 0.271 e. The van der Waals surface area contributed by atoms with Crippen molar-refractivity contribution in [1.82, 2.24) is 10.2 Å². The van der Waals surface area contributed by atoms with E-state index >= 15 is 0 Å². The van der Waals surface area contributed by atoms with Gasteiger partial charge in [-0.1, -0.05) is 31.2 Å². The average Bonchev–Trinajstić information content (AvgIpc) is 2.84. The van der Waals surface area contributed by atoms with E-state index in [0.717, 1.165) is 27.8 Å². The van der Waals surface area contributed by atoms with Crippen LogP contribution in [0.3, 0.4) is 0 Å². The number of rotatable bonds is 12. The molecule has 37 heavy (non-hydrogen) atoms. The monoisotopic (exact) mass is 534 g/mol. The highest BCUT2D eigenvalue weighted by Crippen LogP contribution is 2.34. The van der Waals surface area contributed by atoms with Gasteiger partial charge in [0, 0.05) is 24.7 Å². The van der Waals surface area contributed by atoms with E-state index < -0.39 is 33.4 Å². The van der Waals surface area contributed by atoms with E-state index in [2.05, 4.69) is 5.32 Å². The molecule has 0 aliphatic rings. The van der Waals surface area contributed by atoms with Crippen molar-refractivity contribution in [2.75, 3.05) is 24.2 Å². The molecule has 2 aromatic carbocycles. The first-order chi connectivity index (χ1) is 17.3. The standard InChI is InChI=1S/C25H34N4O7S/c1-7-18(3)26-25(31)19(4)27(15-20-11-9-8-10-17(20)2)24(30)16-28(37(6,34)35)22-14-21(29(32)33)12-13-23(22)36-5/h8-14,18-19H,7,15-16H2,1-6H3,(H,26,31)/t18-,19+/m1/s1. The first-order valence-electron chi connectivity index (χ1n) is 11.7. The number of non-ortho nitro benzene ring substituents is 1. The third-order valence-corrected chi connectivity index (χ3v) is 7.22. The lowest BCUT2D eigenvalue weighted by atomic mass is 10.1. The third kappa shape index (κ3) is 7.66. The summed E-state index contributed by atoms with van der Waals surface area (Å²) in [5.74, 6) is -0.999. The second kappa shape index (κ2) is 12.5. The predicted molar refractivity (Wildman–Crippen MR) is 141 cm³/mol. The number of carbonyl (C=O) groups is 2. The van der Waals surface area contributed by atoms with Crippen molar-refractivity contribution in [3.05, 3.63) is 63.7 Å². The summed E-state index contributed by atoms with van der Waals surface area (Å²) in [7, 11) is -2.80. The number of ether oxygens (including phenoxy) is 1. The molecule has 12 heteroatoms. The number of nitrogens with zero attached hydrogens (tertiary/aromatic N) is 3. The van der Waals surface area contributed by atoms with Crippen LogP contribution < -0.4 is 14.4 Å². The van der Waals surface area contributed by atoms with Crippen LogP contribution in [-0.2, 0) is 26.2 Å². The fourth-order valence-corrected chi connectivity index (χ4v) is 4.45. The van der Waals surface area contributed by atoms with Gasteiger partial charge in [-0.2, -0.15) is 0 Å². The van der Waals surface area contributed by atoms with Gasteiger partial charge in [-0.25, -0.2) is 8.42 Å². The summed E-state index contributed by atoms with van der Waals surface area (Å²) in [4.78, 5) is 38.6. The summed E-state index contributed by atoms with van der Waals surface area (Å²) in [6, 6.07) is 9.81. The average molecular weight is 535 g/mol. The van der Waals surface area contributed by atoms with E-state index in [1.807, 2.05) is 45.0 Å². The Morgan fingerprint density at radius 2 is 1.81 bits per heavy atom. The van der Waals surface area contributed by atoms with Crippen LogP contribution in [0.25, 0.3) is 0 Å². The van der Waals surface area contributed by atoms with Crippen LogP contribution in [0, 0.1) is 17.0 Å². The van der Waals surface area contributed by atoms with Crippen molar-refractivity contribution >= 4 is 33.2 Å². The van der Waals surface area contributed by atoms with Gasteiger partial charge in [-0.15, -0.1) is 0 Å². The zero-order chi connectivity index (χ0) is 27.9. The minimum atomic E-state index is -4.09. The molecule has 0 heterocycles. The normalized spacial score (nSPS) is 12.8. The number of nitro benzene ring substituents is 1. The Kier molecular flexibility index (Phi) is 10.0. The van der Waals surface area contributed by atoms with Gasteiger partial charge in [0.05, 0.1) is 18.3 Å². The van der Waals surface area contributed by atoms with Gasteiger partial charge in [-0.3, -0.25) is 24.0 Å². The zero-order valence-corrected chi connectivity index (χ0v) is 22.7. The van der Waals surface area contributed by atoms with Crippen LogP contribution in [0.15, 0.2) is 42.5 Å². The Balaban J connectivity index is 2.53. The third-order valence-electron chi connectivity index (χ3n) is 6.09. The van der Waals surface area contributed by atoms with Gasteiger partial charge in [0.2, 0.25) is 21.8 Å². The number of benzene rings is 2. The molecule has 2 amide bonds. The van der Waals surface area contributed by atoms with Crippen LogP contribution >= 0.6 is 0 Å². The lowest BCUT2D eigenvalue weighted by Gasteiger charge is -2.32. The predicted octanol–water partition coefficient (Wildman–Crippen LogP) is 3.01. The van der Waals surface area contributed by atoms with Crippen LogP contribution in [0.5, 0.6) is 5.75 Å². The van der Waals surface area contributed by atoms with Crippen LogP contribution in [0.2, 0.25) is 0 Å². The van der Waals surface area contributed by atoms with Crippen molar-refractivity contribution in [1.29, 1.82) is 0 Å². The van der Waals surface area contributed by atoms with E-state index in [4.69, 9.17) is 4.74 Å². The van der Waals surface area contributed by atoms with Crippen LogP contribution in [-0.4, -0.2) is 62.0 Å². The lowest BCUT2D eigenvalue weighted by molar-refractivity contribution is -0.384. The molecule has 0 saturated heterocycles. The van der Waals surface area contributed by atoms with Crippen LogP contribution in [0.4, 0.5) is 11.4 Å². The highest BCUT2D eigenvalue weighted by Gasteiger charge is 2.32. The zero-order valence-electron chi connectivity index (χ0n) is 21.9. The van der Waals surface area contributed by atoms with E-state index in [-0.39, 0.29) is 35.6 Å². The highest BCUT2D eigenvalue weighted by atomic mass is 32.2. The van der Waals surface area contributed by atoms with Gasteiger partial charge in [0.25, 0.3) is 5.69 Å². The number of nitro groups is 1. The van der Waals surface area contributed by atoms with Crippen molar-refractivity contribution < 1.29 is 27.7 Å². The first kappa shape index (κ1) is 29.6. The summed E-state index contributed by atoms with van der Waals surface area (Å²) in [6.45, 7) is 6.58. The Bertz CT molecular complexity index is 1250. The molecule has 2 atom stereocenters. The number of amides is 2. The minimum Gasteiger partial charge on any atom is -0.495 e. The lowest BCUT2D eigenvalue weighted by Crippen LogP contribution is -2.52. The summed E-state index contributed by atoms with van der Waals surface area (Å²) in [6.07, 6.45) is 1.59. The number of sulfonamides is 1. The molecule has 2 aromatic rings. The van der Waals surface area contributed by atoms with Gasteiger partial charge in [0.1, 0.15) is 24.0 Å². The fourth-order valence-electron chi connectivity index (χ4n) is 3.60. The molecule has 0 aliphatic heterocycles. The van der Waals surface area contributed by atoms with Gasteiger partial charge in [-0.05, 0) is 44.4 Å². The number of aryl methyl sites for hydroxylation is 1. The Morgan fingerprint density at radius 3 is 2.35 bits per heavy atom. The van der Waals surface area contributed by atoms with Crippen LogP contribution in [0.1, 0.15) is 38.3 Å². The second-order valence-electron chi connectivity index (χ2n) is 8.82. The molecule has 0 spiro atoms. The molecule has 1 N–H and O–H groups in total. The molecule has 0 unspecified atom stereocenters. The fraction of sp³-hybridized carbons (Fsp3) is 0.440. The Morgan fingerprint density at radius 1 is 1.16 bits per heavy atom. The summed E-state index contributed by atoms with van der Waals surface area (Å²) in [5, 5.41) is 14.2. The maximum atomic E-state index is 13.7. The quantitative estimate of drug-likeness (QED) is 0.326. The highest BCUT2D eigenvalue weighted by molar-refractivity contribution is 7.92. The summed E-state index contributed by atoms with van der Waals surface area (Å²) in [5.41, 5.74) is 1.17. The largest absolute Gasteiger partial charge is 0.495 e. The maximum absolute atomic E-state index is 13.7. The molecular formula is C25H34N4O7S.